The van der Waals surface area contributed by atoms with Crippen molar-refractivity contribution in [1.29, 1.82) is 5.41 Å². The van der Waals surface area contributed by atoms with Crippen LogP contribution in [0, 0.1) is 17.7 Å². The fraction of sp³-hybridized carbons (Fsp3) is 0.667. The minimum absolute atomic E-state index is 0.288. The lowest BCUT2D eigenvalue weighted by Crippen LogP contribution is -2.17. The van der Waals surface area contributed by atoms with Crippen LogP contribution in [0.3, 0.4) is 0 Å². The predicted octanol–water partition coefficient (Wildman–Crippen LogP) is 2.04. The largest absolute Gasteiger partial charge is 0.388 e. The molecule has 0 bridgehead atoms. The van der Waals surface area contributed by atoms with Gasteiger partial charge in [0, 0.05) is 12.2 Å². The zero-order chi connectivity index (χ0) is 10.9. The van der Waals surface area contributed by atoms with Crippen molar-refractivity contribution in [1.82, 2.24) is 10.2 Å². The first kappa shape index (κ1) is 10.9. The Morgan fingerprint density at radius 2 is 2.33 bits per heavy atom. The second-order valence-corrected chi connectivity index (χ2v) is 6.48. The number of aromatic nitrogens is 2. The molecular formula is C9H14N4S2. The molecule has 0 amide bonds. The van der Waals surface area contributed by atoms with E-state index in [4.69, 9.17) is 11.1 Å². The van der Waals surface area contributed by atoms with Crippen molar-refractivity contribution < 1.29 is 0 Å². The Kier molecular flexibility index (Phi) is 2.97. The van der Waals surface area contributed by atoms with Crippen molar-refractivity contribution in [2.45, 2.75) is 30.5 Å². The normalized spacial score (nSPS) is 17.7. The molecule has 4 nitrogen and oxygen atoms in total. The first-order valence-corrected chi connectivity index (χ1v) is 6.66. The smallest absolute Gasteiger partial charge is 0.174 e. The van der Waals surface area contributed by atoms with Crippen LogP contribution in [-0.4, -0.2) is 21.8 Å². The third kappa shape index (κ3) is 2.92. The van der Waals surface area contributed by atoms with Gasteiger partial charge in [0.15, 0.2) is 4.34 Å². The van der Waals surface area contributed by atoms with E-state index in [1.807, 2.05) is 6.92 Å². The molecule has 6 heteroatoms. The lowest BCUT2D eigenvalue weighted by molar-refractivity contribution is 0.612. The maximum absolute atomic E-state index is 7.32. The number of nitrogens with one attached hydrogen (secondary N) is 1. The maximum Gasteiger partial charge on any atom is 0.174 e. The molecule has 0 aromatic carbocycles. The molecule has 0 aliphatic heterocycles. The van der Waals surface area contributed by atoms with E-state index in [0.29, 0.717) is 5.84 Å². The Morgan fingerprint density at radius 1 is 1.60 bits per heavy atom. The molecule has 0 atom stereocenters. The lowest BCUT2D eigenvalue weighted by Gasteiger charge is -2.11. The number of hydrogen-bond acceptors (Lipinski definition) is 5. The number of amidine groups is 1. The molecule has 3 N–H and O–H groups in total. The van der Waals surface area contributed by atoms with E-state index in [1.54, 1.807) is 23.1 Å². The van der Waals surface area contributed by atoms with Crippen molar-refractivity contribution in [3.05, 3.63) is 5.01 Å². The summed E-state index contributed by atoms with van der Waals surface area (Å²) in [4.78, 5) is 0. The summed E-state index contributed by atoms with van der Waals surface area (Å²) in [6.07, 6.45) is 3.12. The highest BCUT2D eigenvalue weighted by molar-refractivity contribution is 8.01. The fourth-order valence-corrected chi connectivity index (χ4v) is 3.61. The van der Waals surface area contributed by atoms with Gasteiger partial charge in [-0.25, -0.2) is 0 Å². The first-order chi connectivity index (χ1) is 7.10. The molecule has 82 valence electrons. The van der Waals surface area contributed by atoms with E-state index in [0.717, 1.165) is 21.5 Å². The second-order valence-electron chi connectivity index (χ2n) is 4.08. The van der Waals surface area contributed by atoms with E-state index in [2.05, 4.69) is 10.2 Å². The van der Waals surface area contributed by atoms with Crippen molar-refractivity contribution in [3.63, 3.8) is 0 Å². The number of hydrogen-bond donors (Lipinski definition) is 2. The van der Waals surface area contributed by atoms with Gasteiger partial charge in [-0.1, -0.05) is 23.1 Å². The highest BCUT2D eigenvalue weighted by Crippen LogP contribution is 2.51. The summed E-state index contributed by atoms with van der Waals surface area (Å²) in [7, 11) is 0. The Bertz CT molecular complexity index is 370. The quantitative estimate of drug-likeness (QED) is 0.471. The monoisotopic (exact) mass is 242 g/mol. The molecule has 0 unspecified atom stereocenters. The Hall–Kier alpha value is -0.620. The zero-order valence-electron chi connectivity index (χ0n) is 8.62. The zero-order valence-corrected chi connectivity index (χ0v) is 10.2. The molecule has 2 rings (SSSR count). The third-order valence-electron chi connectivity index (χ3n) is 2.53. The molecule has 1 aromatic rings. The number of rotatable bonds is 5. The second kappa shape index (κ2) is 4.09. The lowest BCUT2D eigenvalue weighted by atomic mass is 10.1. The molecule has 0 spiro atoms. The Balaban J connectivity index is 1.85. The van der Waals surface area contributed by atoms with Gasteiger partial charge >= 0.3 is 0 Å². The van der Waals surface area contributed by atoms with Crippen molar-refractivity contribution in [3.8, 4) is 0 Å². The molecule has 1 fully saturated rings. The van der Waals surface area contributed by atoms with E-state index in [9.17, 15) is 0 Å². The summed E-state index contributed by atoms with van der Waals surface area (Å²) in [6, 6.07) is 0. The minimum atomic E-state index is 0.288. The molecule has 0 saturated heterocycles. The predicted molar refractivity (Wildman–Crippen MR) is 63.6 cm³/mol. The van der Waals surface area contributed by atoms with Gasteiger partial charge in [-0.2, -0.15) is 0 Å². The average Bonchev–Trinajstić information content (AvgIpc) is 2.77. The highest BCUT2D eigenvalue weighted by Gasteiger charge is 2.43. The topological polar surface area (TPSA) is 75.7 Å². The molecular weight excluding hydrogens is 228 g/mol. The fourth-order valence-electron chi connectivity index (χ4n) is 1.50. The van der Waals surface area contributed by atoms with Gasteiger partial charge < -0.3 is 5.73 Å². The van der Waals surface area contributed by atoms with Gasteiger partial charge in [-0.05, 0) is 25.2 Å². The average molecular weight is 242 g/mol. The highest BCUT2D eigenvalue weighted by atomic mass is 32.2. The van der Waals surface area contributed by atoms with E-state index in [1.165, 1.54) is 12.8 Å². The number of aryl methyl sites for hydroxylation is 1. The summed E-state index contributed by atoms with van der Waals surface area (Å²) in [5.41, 5.74) is 5.73. The van der Waals surface area contributed by atoms with Gasteiger partial charge in [-0.15, -0.1) is 10.2 Å². The van der Waals surface area contributed by atoms with Crippen LogP contribution in [0.15, 0.2) is 4.34 Å². The van der Waals surface area contributed by atoms with Crippen molar-refractivity contribution >= 4 is 28.9 Å². The van der Waals surface area contributed by atoms with Crippen LogP contribution < -0.4 is 5.73 Å². The van der Waals surface area contributed by atoms with Crippen LogP contribution in [0.25, 0.3) is 0 Å². The third-order valence-corrected chi connectivity index (χ3v) is 4.85. The molecule has 15 heavy (non-hydrogen) atoms. The molecule has 1 aliphatic carbocycles. The van der Waals surface area contributed by atoms with Gasteiger partial charge in [0.2, 0.25) is 0 Å². The molecule has 1 saturated carbocycles. The molecule has 1 aromatic heterocycles. The number of nitrogens with two attached hydrogens (primary N) is 1. The molecule has 0 radical (unpaired) electrons. The maximum atomic E-state index is 7.32. The SMILES string of the molecule is Cc1nnc(SCC2(CC(=N)N)CC2)s1. The summed E-state index contributed by atoms with van der Waals surface area (Å²) >= 11 is 3.38. The Morgan fingerprint density at radius 3 is 2.80 bits per heavy atom. The van der Waals surface area contributed by atoms with E-state index in [-0.39, 0.29) is 5.41 Å². The van der Waals surface area contributed by atoms with Crippen LogP contribution in [0.1, 0.15) is 24.3 Å². The summed E-state index contributed by atoms with van der Waals surface area (Å²) in [5.74, 6) is 1.32. The summed E-state index contributed by atoms with van der Waals surface area (Å²) in [6.45, 7) is 1.96. The number of nitrogens with zero attached hydrogens (tertiary/aromatic N) is 2. The van der Waals surface area contributed by atoms with Gasteiger partial charge in [0.1, 0.15) is 5.01 Å². The summed E-state index contributed by atoms with van der Waals surface area (Å²) in [5, 5.41) is 16.4. The van der Waals surface area contributed by atoms with Crippen LogP contribution in [0.4, 0.5) is 0 Å². The standard InChI is InChI=1S/C9H14N4S2/c1-6-12-13-8(15-6)14-5-9(2-3-9)4-7(10)11/h2-5H2,1H3,(H3,10,11). The van der Waals surface area contributed by atoms with Gasteiger partial charge in [-0.3, -0.25) is 5.41 Å². The van der Waals surface area contributed by atoms with Crippen LogP contribution in [0.5, 0.6) is 0 Å². The summed E-state index contributed by atoms with van der Waals surface area (Å²) < 4.78 is 1.03. The Labute approximate surface area is 97.2 Å². The van der Waals surface area contributed by atoms with Crippen molar-refractivity contribution in [2.75, 3.05) is 5.75 Å². The van der Waals surface area contributed by atoms with Gasteiger partial charge in [0.05, 0.1) is 5.84 Å². The first-order valence-electron chi connectivity index (χ1n) is 4.85. The molecule has 1 aliphatic rings. The van der Waals surface area contributed by atoms with E-state index < -0.39 is 0 Å². The van der Waals surface area contributed by atoms with Crippen molar-refractivity contribution in [2.24, 2.45) is 11.1 Å². The number of thioether (sulfide) groups is 1. The van der Waals surface area contributed by atoms with Crippen LogP contribution in [-0.2, 0) is 0 Å². The van der Waals surface area contributed by atoms with Crippen LogP contribution in [0.2, 0.25) is 0 Å². The minimum Gasteiger partial charge on any atom is -0.388 e. The van der Waals surface area contributed by atoms with Crippen LogP contribution >= 0.6 is 23.1 Å². The van der Waals surface area contributed by atoms with E-state index >= 15 is 0 Å². The van der Waals surface area contributed by atoms with Gasteiger partial charge in [0.25, 0.3) is 0 Å². The molecule has 1 heterocycles.